The molecule has 0 unspecified atom stereocenters. The van der Waals surface area contributed by atoms with Gasteiger partial charge in [0.2, 0.25) is 0 Å². The van der Waals surface area contributed by atoms with Crippen molar-refractivity contribution < 1.29 is 0 Å². The molecule has 3 heterocycles. The zero-order chi connectivity index (χ0) is 16.6. The number of hydrogen-bond acceptors (Lipinski definition) is 2. The maximum atomic E-state index is 4.11. The van der Waals surface area contributed by atoms with E-state index < -0.39 is 0 Å². The van der Waals surface area contributed by atoms with Gasteiger partial charge < -0.3 is 4.98 Å². The Balaban J connectivity index is 1.73. The summed E-state index contributed by atoms with van der Waals surface area (Å²) < 4.78 is 0. The number of nitrogens with one attached hydrogen (secondary N) is 1. The second kappa shape index (κ2) is 5.56. The van der Waals surface area contributed by atoms with Crippen molar-refractivity contribution in [1.29, 1.82) is 0 Å². The van der Waals surface area contributed by atoms with Crippen LogP contribution in [0.2, 0.25) is 0 Å². The standard InChI is InChI=1S/C22H15N3/c1-3-21-19(13-17(1)15-5-9-23-10-6-15)20-14-18(2-4-22(20)25-21)16-7-11-24-12-8-16/h1-14,25H. The highest BCUT2D eigenvalue weighted by molar-refractivity contribution is 6.09. The van der Waals surface area contributed by atoms with Gasteiger partial charge >= 0.3 is 0 Å². The van der Waals surface area contributed by atoms with Crippen molar-refractivity contribution in [3.05, 3.63) is 85.5 Å². The van der Waals surface area contributed by atoms with Crippen molar-refractivity contribution in [3.8, 4) is 22.3 Å². The quantitative estimate of drug-likeness (QED) is 0.470. The number of hydrogen-bond donors (Lipinski definition) is 1. The van der Waals surface area contributed by atoms with E-state index >= 15 is 0 Å². The third kappa shape index (κ3) is 2.37. The Kier molecular flexibility index (Phi) is 3.10. The first-order valence-electron chi connectivity index (χ1n) is 8.25. The van der Waals surface area contributed by atoms with E-state index in [9.17, 15) is 0 Å². The highest BCUT2D eigenvalue weighted by atomic mass is 14.7. The van der Waals surface area contributed by atoms with Crippen LogP contribution in [0.4, 0.5) is 0 Å². The van der Waals surface area contributed by atoms with E-state index in [1.807, 2.05) is 49.1 Å². The fourth-order valence-electron chi connectivity index (χ4n) is 3.35. The van der Waals surface area contributed by atoms with Crippen LogP contribution in [-0.2, 0) is 0 Å². The summed E-state index contributed by atoms with van der Waals surface area (Å²) in [5.74, 6) is 0. The first-order valence-corrected chi connectivity index (χ1v) is 8.25. The number of fused-ring (bicyclic) bond motifs is 3. The van der Waals surface area contributed by atoms with Crippen LogP contribution < -0.4 is 0 Å². The third-order valence-electron chi connectivity index (χ3n) is 4.63. The van der Waals surface area contributed by atoms with E-state index in [-0.39, 0.29) is 0 Å². The van der Waals surface area contributed by atoms with E-state index in [0.29, 0.717) is 0 Å². The Labute approximate surface area is 145 Å². The Bertz CT molecular complexity index is 1080. The molecule has 0 bridgehead atoms. The molecule has 0 aliphatic rings. The van der Waals surface area contributed by atoms with Crippen molar-refractivity contribution in [2.75, 3.05) is 0 Å². The van der Waals surface area contributed by atoms with E-state index in [1.165, 1.54) is 33.0 Å². The Morgan fingerprint density at radius 2 is 0.920 bits per heavy atom. The fourth-order valence-corrected chi connectivity index (χ4v) is 3.35. The van der Waals surface area contributed by atoms with Crippen LogP contribution in [0.15, 0.2) is 85.5 Å². The Hall–Kier alpha value is -3.46. The molecule has 5 aromatic rings. The summed E-state index contributed by atoms with van der Waals surface area (Å²) >= 11 is 0. The normalized spacial score (nSPS) is 11.2. The SMILES string of the molecule is c1cc(-c2ccc3[nH]c4ccc(-c5ccncc5)cc4c3c2)ccn1. The summed E-state index contributed by atoms with van der Waals surface area (Å²) in [4.78, 5) is 11.7. The number of pyridine rings is 2. The van der Waals surface area contributed by atoms with Crippen molar-refractivity contribution in [1.82, 2.24) is 15.0 Å². The van der Waals surface area contributed by atoms with Gasteiger partial charge in [0.15, 0.2) is 0 Å². The molecule has 0 aliphatic carbocycles. The number of aromatic nitrogens is 3. The molecule has 5 rings (SSSR count). The maximum absolute atomic E-state index is 4.11. The second-order valence-corrected chi connectivity index (χ2v) is 6.12. The lowest BCUT2D eigenvalue weighted by Gasteiger charge is -2.03. The van der Waals surface area contributed by atoms with Gasteiger partial charge in [-0.1, -0.05) is 12.1 Å². The first kappa shape index (κ1) is 13.9. The molecule has 3 nitrogen and oxygen atoms in total. The van der Waals surface area contributed by atoms with Crippen LogP contribution in [0.1, 0.15) is 0 Å². The van der Waals surface area contributed by atoms with E-state index in [1.54, 1.807) is 0 Å². The number of aromatic amines is 1. The summed E-state index contributed by atoms with van der Waals surface area (Å²) in [6.45, 7) is 0. The van der Waals surface area contributed by atoms with Gasteiger partial charge in [0.05, 0.1) is 0 Å². The number of benzene rings is 2. The van der Waals surface area contributed by atoms with Crippen LogP contribution in [0.5, 0.6) is 0 Å². The monoisotopic (exact) mass is 321 g/mol. The molecule has 0 fully saturated rings. The number of rotatable bonds is 2. The van der Waals surface area contributed by atoms with Gasteiger partial charge in [0.25, 0.3) is 0 Å². The summed E-state index contributed by atoms with van der Waals surface area (Å²) in [7, 11) is 0. The van der Waals surface area contributed by atoms with Crippen LogP contribution in [0.3, 0.4) is 0 Å². The Morgan fingerprint density at radius 1 is 0.480 bits per heavy atom. The summed E-state index contributed by atoms with van der Waals surface area (Å²) in [6.07, 6.45) is 7.32. The maximum Gasteiger partial charge on any atom is 0.0465 e. The minimum absolute atomic E-state index is 1.15. The van der Waals surface area contributed by atoms with Gasteiger partial charge in [-0.15, -0.1) is 0 Å². The lowest BCUT2D eigenvalue weighted by atomic mass is 10.0. The largest absolute Gasteiger partial charge is 0.355 e. The fraction of sp³-hybridized carbons (Fsp3) is 0. The predicted molar refractivity (Wildman–Crippen MR) is 102 cm³/mol. The molecule has 25 heavy (non-hydrogen) atoms. The molecule has 3 heteroatoms. The van der Waals surface area contributed by atoms with E-state index in [0.717, 1.165) is 11.0 Å². The highest BCUT2D eigenvalue weighted by Crippen LogP contribution is 2.32. The lowest BCUT2D eigenvalue weighted by molar-refractivity contribution is 1.33. The Morgan fingerprint density at radius 3 is 1.36 bits per heavy atom. The lowest BCUT2D eigenvalue weighted by Crippen LogP contribution is -1.79. The zero-order valence-electron chi connectivity index (χ0n) is 13.5. The minimum Gasteiger partial charge on any atom is -0.355 e. The van der Waals surface area contributed by atoms with Crippen molar-refractivity contribution >= 4 is 21.8 Å². The van der Waals surface area contributed by atoms with Crippen molar-refractivity contribution in [3.63, 3.8) is 0 Å². The molecule has 1 N–H and O–H groups in total. The molecule has 0 amide bonds. The molecule has 0 atom stereocenters. The molecule has 0 radical (unpaired) electrons. The van der Waals surface area contributed by atoms with Gasteiger partial charge in [-0.25, -0.2) is 0 Å². The second-order valence-electron chi connectivity index (χ2n) is 6.12. The minimum atomic E-state index is 1.15. The highest BCUT2D eigenvalue weighted by Gasteiger charge is 2.08. The molecule has 0 saturated carbocycles. The van der Waals surface area contributed by atoms with Crippen LogP contribution in [0, 0.1) is 0 Å². The van der Waals surface area contributed by atoms with Crippen molar-refractivity contribution in [2.24, 2.45) is 0 Å². The van der Waals surface area contributed by atoms with Gasteiger partial charge in [-0.3, -0.25) is 9.97 Å². The van der Waals surface area contributed by atoms with Crippen LogP contribution >= 0.6 is 0 Å². The molecule has 118 valence electrons. The summed E-state index contributed by atoms with van der Waals surface area (Å²) in [5.41, 5.74) is 7.06. The van der Waals surface area contributed by atoms with Crippen LogP contribution in [0.25, 0.3) is 44.1 Å². The van der Waals surface area contributed by atoms with Gasteiger partial charge in [0.1, 0.15) is 0 Å². The average molecular weight is 321 g/mol. The van der Waals surface area contributed by atoms with E-state index in [4.69, 9.17) is 0 Å². The summed E-state index contributed by atoms with van der Waals surface area (Å²) in [6, 6.07) is 21.3. The smallest absolute Gasteiger partial charge is 0.0465 e. The third-order valence-corrected chi connectivity index (χ3v) is 4.63. The molecular formula is C22H15N3. The molecule has 0 saturated heterocycles. The average Bonchev–Trinajstić information content (AvgIpc) is 3.06. The van der Waals surface area contributed by atoms with Crippen LogP contribution in [-0.4, -0.2) is 15.0 Å². The predicted octanol–water partition coefficient (Wildman–Crippen LogP) is 5.45. The zero-order valence-corrected chi connectivity index (χ0v) is 13.5. The first-order chi connectivity index (χ1) is 12.4. The van der Waals surface area contributed by atoms with E-state index in [2.05, 4.69) is 51.4 Å². The molecule has 3 aromatic heterocycles. The van der Waals surface area contributed by atoms with Crippen molar-refractivity contribution in [2.45, 2.75) is 0 Å². The molecule has 2 aromatic carbocycles. The summed E-state index contributed by atoms with van der Waals surface area (Å²) in [5, 5.41) is 2.47. The molecular weight excluding hydrogens is 306 g/mol. The van der Waals surface area contributed by atoms with Gasteiger partial charge in [-0.2, -0.15) is 0 Å². The molecule has 0 aliphatic heterocycles. The number of H-pyrrole nitrogens is 1. The molecule has 0 spiro atoms. The number of nitrogens with zero attached hydrogens (tertiary/aromatic N) is 2. The van der Waals surface area contributed by atoms with Gasteiger partial charge in [-0.05, 0) is 70.8 Å². The van der Waals surface area contributed by atoms with Gasteiger partial charge in [0, 0.05) is 46.6 Å². The topological polar surface area (TPSA) is 41.6 Å².